The summed E-state index contributed by atoms with van der Waals surface area (Å²) in [6, 6.07) is 12.7. The van der Waals surface area contributed by atoms with Gasteiger partial charge in [0.2, 0.25) is 0 Å². The average molecular weight is 452 g/mol. The average Bonchev–Trinajstić information content (AvgIpc) is 3.14. The maximum atomic E-state index is 13.0. The number of para-hydroxylation sites is 1. The third-order valence-electron chi connectivity index (χ3n) is 5.59. The summed E-state index contributed by atoms with van der Waals surface area (Å²) in [4.78, 5) is 39.3. The molecule has 8 nitrogen and oxygen atoms in total. The monoisotopic (exact) mass is 451 g/mol. The highest BCUT2D eigenvalue weighted by molar-refractivity contribution is 6.09. The molecule has 8 heteroatoms. The number of β-amino-alcohol motifs (C(OH)–C–C–N with tert-alkyl or cyclic N) is 1. The molecule has 1 aliphatic heterocycles. The fourth-order valence-electron chi connectivity index (χ4n) is 3.82. The smallest absolute Gasteiger partial charge is 0.337 e. The highest BCUT2D eigenvalue weighted by Crippen LogP contribution is 2.25. The fraction of sp³-hybridized carbons (Fsp3) is 0.320. The Bertz CT molecular complexity index is 1070. The standard InChI is InChI=1S/C25H29N3O5/c1-4-16-8-6-9-17(5-2)21(16)27-23(30)18-10-7-11-19(14-18)26-22-20(25(32)33-3)15-28(12-13-29)24(22)31/h6-11,14,26,29H,4-5,12-13,15H2,1-3H3,(H,27,30). The van der Waals surface area contributed by atoms with Crippen LogP contribution in [0.3, 0.4) is 0 Å². The van der Waals surface area contributed by atoms with Crippen LogP contribution in [-0.2, 0) is 27.2 Å². The molecule has 174 valence electrons. The number of nitrogens with zero attached hydrogens (tertiary/aromatic N) is 1. The predicted octanol–water partition coefficient (Wildman–Crippen LogP) is 2.74. The molecule has 2 aromatic carbocycles. The van der Waals surface area contributed by atoms with Crippen molar-refractivity contribution >= 4 is 29.2 Å². The summed E-state index contributed by atoms with van der Waals surface area (Å²) in [6.45, 7) is 4.01. The molecule has 2 aromatic rings. The summed E-state index contributed by atoms with van der Waals surface area (Å²) < 4.78 is 4.81. The van der Waals surface area contributed by atoms with Crippen molar-refractivity contribution < 1.29 is 24.2 Å². The number of hydrogen-bond donors (Lipinski definition) is 3. The van der Waals surface area contributed by atoms with Gasteiger partial charge in [0, 0.05) is 23.5 Å². The van der Waals surface area contributed by atoms with Crippen LogP contribution in [0.4, 0.5) is 11.4 Å². The van der Waals surface area contributed by atoms with Gasteiger partial charge >= 0.3 is 5.97 Å². The molecule has 0 atom stereocenters. The molecule has 33 heavy (non-hydrogen) atoms. The normalized spacial score (nSPS) is 13.3. The van der Waals surface area contributed by atoms with Crippen LogP contribution >= 0.6 is 0 Å². The van der Waals surface area contributed by atoms with Crippen molar-refractivity contribution in [1.29, 1.82) is 0 Å². The third kappa shape index (κ3) is 5.23. The topological polar surface area (TPSA) is 108 Å². The lowest BCUT2D eigenvalue weighted by Gasteiger charge is -2.16. The van der Waals surface area contributed by atoms with E-state index in [1.165, 1.54) is 12.0 Å². The van der Waals surface area contributed by atoms with E-state index in [1.54, 1.807) is 24.3 Å². The number of amides is 2. The maximum absolute atomic E-state index is 13.0. The van der Waals surface area contributed by atoms with Crippen molar-refractivity contribution in [2.75, 3.05) is 37.4 Å². The number of benzene rings is 2. The van der Waals surface area contributed by atoms with E-state index in [1.807, 2.05) is 32.0 Å². The Labute approximate surface area is 193 Å². The van der Waals surface area contributed by atoms with Gasteiger partial charge in [-0.25, -0.2) is 4.79 Å². The number of carbonyl (C=O) groups excluding carboxylic acids is 3. The molecule has 0 unspecified atom stereocenters. The van der Waals surface area contributed by atoms with Crippen molar-refractivity contribution in [1.82, 2.24) is 4.90 Å². The van der Waals surface area contributed by atoms with E-state index < -0.39 is 11.9 Å². The van der Waals surface area contributed by atoms with Crippen molar-refractivity contribution in [3.05, 3.63) is 70.4 Å². The van der Waals surface area contributed by atoms with Crippen LogP contribution in [0.5, 0.6) is 0 Å². The number of esters is 1. The highest BCUT2D eigenvalue weighted by Gasteiger charge is 2.34. The number of anilines is 2. The second kappa shape index (κ2) is 10.8. The zero-order chi connectivity index (χ0) is 24.0. The molecule has 0 aliphatic carbocycles. The molecule has 1 heterocycles. The Morgan fingerprint density at radius 1 is 1.09 bits per heavy atom. The van der Waals surface area contributed by atoms with E-state index in [4.69, 9.17) is 4.74 Å². The number of rotatable bonds is 9. The van der Waals surface area contributed by atoms with Crippen LogP contribution in [0.15, 0.2) is 53.7 Å². The lowest BCUT2D eigenvalue weighted by molar-refractivity contribution is -0.136. The molecular weight excluding hydrogens is 422 g/mol. The van der Waals surface area contributed by atoms with Crippen LogP contribution in [0, 0.1) is 0 Å². The molecule has 0 saturated carbocycles. The molecule has 1 aliphatic rings. The van der Waals surface area contributed by atoms with Gasteiger partial charge in [0.1, 0.15) is 5.70 Å². The summed E-state index contributed by atoms with van der Waals surface area (Å²) in [5.41, 5.74) is 4.10. The first kappa shape index (κ1) is 24.0. The van der Waals surface area contributed by atoms with Crippen molar-refractivity contribution in [3.8, 4) is 0 Å². The lowest BCUT2D eigenvalue weighted by atomic mass is 10.0. The van der Waals surface area contributed by atoms with Crippen LogP contribution < -0.4 is 10.6 Å². The minimum Gasteiger partial charge on any atom is -0.466 e. The second-order valence-corrected chi connectivity index (χ2v) is 7.61. The molecule has 0 spiro atoms. The summed E-state index contributed by atoms with van der Waals surface area (Å²) in [6.07, 6.45) is 1.59. The van der Waals surface area contributed by atoms with E-state index in [-0.39, 0.29) is 36.9 Å². The van der Waals surface area contributed by atoms with Gasteiger partial charge in [-0.15, -0.1) is 0 Å². The first-order valence-electron chi connectivity index (χ1n) is 10.9. The number of nitrogens with one attached hydrogen (secondary N) is 2. The third-order valence-corrected chi connectivity index (χ3v) is 5.59. The Morgan fingerprint density at radius 3 is 2.36 bits per heavy atom. The Hall–Kier alpha value is -3.65. The molecule has 2 amide bonds. The van der Waals surface area contributed by atoms with E-state index in [2.05, 4.69) is 10.6 Å². The first-order chi connectivity index (χ1) is 15.9. The molecular formula is C25H29N3O5. The minimum atomic E-state index is -0.622. The Kier molecular flexibility index (Phi) is 7.84. The first-order valence-corrected chi connectivity index (χ1v) is 10.9. The van der Waals surface area contributed by atoms with Gasteiger partial charge < -0.3 is 25.4 Å². The second-order valence-electron chi connectivity index (χ2n) is 7.61. The molecule has 0 saturated heterocycles. The number of aliphatic hydroxyl groups is 1. The summed E-state index contributed by atoms with van der Waals surface area (Å²) in [5, 5.41) is 15.2. The zero-order valence-corrected chi connectivity index (χ0v) is 19.1. The van der Waals surface area contributed by atoms with Crippen LogP contribution in [-0.4, -0.2) is 54.6 Å². The number of carbonyl (C=O) groups is 3. The minimum absolute atomic E-state index is 0.0438. The fourth-order valence-corrected chi connectivity index (χ4v) is 3.82. The molecule has 3 N–H and O–H groups in total. The van der Waals surface area contributed by atoms with Gasteiger partial charge in [0.05, 0.1) is 25.8 Å². The van der Waals surface area contributed by atoms with Gasteiger partial charge in [0.25, 0.3) is 11.8 Å². The van der Waals surface area contributed by atoms with Crippen molar-refractivity contribution in [2.45, 2.75) is 26.7 Å². The molecule has 0 radical (unpaired) electrons. The van der Waals surface area contributed by atoms with Crippen molar-refractivity contribution in [3.63, 3.8) is 0 Å². The number of aryl methyl sites for hydroxylation is 2. The van der Waals surface area contributed by atoms with Gasteiger partial charge in [0.15, 0.2) is 0 Å². The van der Waals surface area contributed by atoms with Gasteiger partial charge in [-0.05, 0) is 42.2 Å². The molecule has 0 fully saturated rings. The predicted molar refractivity (Wildman–Crippen MR) is 126 cm³/mol. The highest BCUT2D eigenvalue weighted by atomic mass is 16.5. The number of methoxy groups -OCH3 is 1. The number of aliphatic hydroxyl groups excluding tert-OH is 1. The Morgan fingerprint density at radius 2 is 1.76 bits per heavy atom. The molecule has 0 aromatic heterocycles. The molecule has 0 bridgehead atoms. The van der Waals surface area contributed by atoms with Crippen molar-refractivity contribution in [2.24, 2.45) is 0 Å². The van der Waals surface area contributed by atoms with Gasteiger partial charge in [-0.2, -0.15) is 0 Å². The van der Waals surface area contributed by atoms with Crippen LogP contribution in [0.2, 0.25) is 0 Å². The summed E-state index contributed by atoms with van der Waals surface area (Å²) >= 11 is 0. The number of hydrogen-bond acceptors (Lipinski definition) is 6. The van der Waals surface area contributed by atoms with Crippen LogP contribution in [0.1, 0.15) is 35.3 Å². The quantitative estimate of drug-likeness (QED) is 0.506. The number of ether oxygens (including phenoxy) is 1. The largest absolute Gasteiger partial charge is 0.466 e. The maximum Gasteiger partial charge on any atom is 0.337 e. The van der Waals surface area contributed by atoms with Crippen LogP contribution in [0.25, 0.3) is 0 Å². The Balaban J connectivity index is 1.86. The zero-order valence-electron chi connectivity index (χ0n) is 19.1. The van der Waals surface area contributed by atoms with E-state index in [9.17, 15) is 19.5 Å². The van der Waals surface area contributed by atoms with Gasteiger partial charge in [-0.3, -0.25) is 9.59 Å². The van der Waals surface area contributed by atoms with E-state index in [0.29, 0.717) is 11.3 Å². The summed E-state index contributed by atoms with van der Waals surface area (Å²) in [5.74, 6) is -1.30. The van der Waals surface area contributed by atoms with Gasteiger partial charge in [-0.1, -0.05) is 38.1 Å². The molecule has 3 rings (SSSR count). The van der Waals surface area contributed by atoms with E-state index >= 15 is 0 Å². The lowest BCUT2D eigenvalue weighted by Crippen LogP contribution is -2.31. The SMILES string of the molecule is CCc1cccc(CC)c1NC(=O)c1cccc(NC2=C(C(=O)OC)CN(CCO)C2=O)c1. The van der Waals surface area contributed by atoms with E-state index in [0.717, 1.165) is 29.7 Å². The summed E-state index contributed by atoms with van der Waals surface area (Å²) in [7, 11) is 1.25.